The topological polar surface area (TPSA) is 93.1 Å². The molecule has 7 nitrogen and oxygen atoms in total. The summed E-state index contributed by atoms with van der Waals surface area (Å²) in [6, 6.07) is -0.0132. The Morgan fingerprint density at radius 1 is 1.56 bits per heavy atom. The molecule has 1 rings (SSSR count). The summed E-state index contributed by atoms with van der Waals surface area (Å²) in [4.78, 5) is 25.8. The van der Waals surface area contributed by atoms with Gasteiger partial charge in [0.15, 0.2) is 6.10 Å². The van der Waals surface area contributed by atoms with Gasteiger partial charge in [0.25, 0.3) is 0 Å². The van der Waals surface area contributed by atoms with Gasteiger partial charge in [-0.3, -0.25) is 0 Å². The molecular weight excluding hydrogens is 238 g/mol. The average Bonchev–Trinajstić information content (AvgIpc) is 2.71. The number of hydrogen-bond acceptors (Lipinski definition) is 4. The monoisotopic (exact) mass is 259 g/mol. The first-order chi connectivity index (χ1) is 8.41. The molecule has 0 aliphatic carbocycles. The van der Waals surface area contributed by atoms with Gasteiger partial charge in [-0.25, -0.2) is 9.59 Å². The highest BCUT2D eigenvalue weighted by Gasteiger charge is 2.24. The van der Waals surface area contributed by atoms with E-state index < -0.39 is 12.1 Å². The molecule has 0 radical (unpaired) electrons. The number of nitrogens with zero attached hydrogens (tertiary/aromatic N) is 2. The standard InChI is InChI=1S/C11H21N3O4/c1-13-5-3-4-8(13)7-14(2)11(18)12-6-9(15)10(16)17/h8-9,15H,3-7H2,1-2H3,(H,12,18)(H,16,17). The maximum Gasteiger partial charge on any atom is 0.334 e. The van der Waals surface area contributed by atoms with E-state index in [-0.39, 0.29) is 12.6 Å². The van der Waals surface area contributed by atoms with Gasteiger partial charge in [0, 0.05) is 19.6 Å². The van der Waals surface area contributed by atoms with E-state index in [2.05, 4.69) is 10.2 Å². The third-order valence-electron chi connectivity index (χ3n) is 3.23. The third-order valence-corrected chi connectivity index (χ3v) is 3.23. The van der Waals surface area contributed by atoms with Gasteiger partial charge >= 0.3 is 12.0 Å². The maximum atomic E-state index is 11.7. The summed E-state index contributed by atoms with van der Waals surface area (Å²) < 4.78 is 0. The van der Waals surface area contributed by atoms with Gasteiger partial charge in [-0.15, -0.1) is 0 Å². The van der Waals surface area contributed by atoms with Crippen molar-refractivity contribution in [2.75, 3.05) is 33.7 Å². The van der Waals surface area contributed by atoms with E-state index in [1.54, 1.807) is 7.05 Å². The van der Waals surface area contributed by atoms with Gasteiger partial charge < -0.3 is 25.3 Å². The molecule has 18 heavy (non-hydrogen) atoms. The second kappa shape index (κ2) is 6.55. The second-order valence-corrected chi connectivity index (χ2v) is 4.70. The van der Waals surface area contributed by atoms with E-state index in [1.165, 1.54) is 4.90 Å². The molecule has 0 aromatic carbocycles. The number of nitrogens with one attached hydrogen (secondary N) is 1. The molecule has 0 aromatic rings. The molecule has 104 valence electrons. The number of carboxylic acids is 1. The van der Waals surface area contributed by atoms with E-state index >= 15 is 0 Å². The molecule has 0 spiro atoms. The molecule has 2 atom stereocenters. The Bertz CT molecular complexity index is 311. The van der Waals surface area contributed by atoms with Crippen LogP contribution in [0.25, 0.3) is 0 Å². The maximum absolute atomic E-state index is 11.7. The number of aliphatic hydroxyl groups excluding tert-OH is 1. The first-order valence-electron chi connectivity index (χ1n) is 6.02. The summed E-state index contributed by atoms with van der Waals surface area (Å²) in [5.41, 5.74) is 0. The van der Waals surface area contributed by atoms with Crippen LogP contribution in [0.3, 0.4) is 0 Å². The zero-order valence-corrected chi connectivity index (χ0v) is 10.8. The van der Waals surface area contributed by atoms with Crippen LogP contribution in [0.1, 0.15) is 12.8 Å². The largest absolute Gasteiger partial charge is 0.479 e. The molecule has 1 aliphatic heterocycles. The van der Waals surface area contributed by atoms with Crippen LogP contribution in [0, 0.1) is 0 Å². The quantitative estimate of drug-likeness (QED) is 0.599. The lowest BCUT2D eigenvalue weighted by atomic mass is 10.2. The van der Waals surface area contributed by atoms with Gasteiger partial charge in [-0.05, 0) is 26.4 Å². The lowest BCUT2D eigenvalue weighted by Gasteiger charge is -2.26. The number of likely N-dealkylation sites (N-methyl/N-ethyl adjacent to an activating group) is 2. The van der Waals surface area contributed by atoms with Gasteiger partial charge in [0.1, 0.15) is 0 Å². The second-order valence-electron chi connectivity index (χ2n) is 4.70. The highest BCUT2D eigenvalue weighted by atomic mass is 16.4. The van der Waals surface area contributed by atoms with Gasteiger partial charge in [0.05, 0.1) is 6.54 Å². The Hall–Kier alpha value is -1.34. The van der Waals surface area contributed by atoms with Crippen LogP contribution >= 0.6 is 0 Å². The summed E-state index contributed by atoms with van der Waals surface area (Å²) >= 11 is 0. The lowest BCUT2D eigenvalue weighted by Crippen LogP contribution is -2.46. The Balaban J connectivity index is 2.30. The van der Waals surface area contributed by atoms with E-state index in [4.69, 9.17) is 10.2 Å². The van der Waals surface area contributed by atoms with Crippen molar-refractivity contribution in [3.05, 3.63) is 0 Å². The number of urea groups is 1. The molecule has 0 bridgehead atoms. The van der Waals surface area contributed by atoms with Crippen LogP contribution in [0.15, 0.2) is 0 Å². The van der Waals surface area contributed by atoms with Crippen molar-refractivity contribution < 1.29 is 19.8 Å². The predicted molar refractivity (Wildman–Crippen MR) is 65.3 cm³/mol. The lowest BCUT2D eigenvalue weighted by molar-refractivity contribution is -0.146. The Kier molecular flexibility index (Phi) is 5.36. The molecule has 1 heterocycles. The van der Waals surface area contributed by atoms with E-state index in [1.807, 2.05) is 7.05 Å². The minimum atomic E-state index is -1.56. The minimum Gasteiger partial charge on any atom is -0.479 e. The van der Waals surface area contributed by atoms with Crippen molar-refractivity contribution in [1.82, 2.24) is 15.1 Å². The molecule has 2 unspecified atom stereocenters. The van der Waals surface area contributed by atoms with Crippen LogP contribution in [-0.4, -0.2) is 77.9 Å². The number of carbonyl (C=O) groups excluding carboxylic acids is 1. The molecular formula is C11H21N3O4. The van der Waals surface area contributed by atoms with Crippen LogP contribution in [0.4, 0.5) is 4.79 Å². The first-order valence-corrected chi connectivity index (χ1v) is 6.02. The number of rotatable bonds is 5. The Morgan fingerprint density at radius 3 is 2.72 bits per heavy atom. The van der Waals surface area contributed by atoms with Gasteiger partial charge in [-0.2, -0.15) is 0 Å². The average molecular weight is 259 g/mol. The highest BCUT2D eigenvalue weighted by Crippen LogP contribution is 2.15. The third kappa shape index (κ3) is 4.15. The number of likely N-dealkylation sites (tertiary alicyclic amines) is 1. The van der Waals surface area contributed by atoms with Crippen molar-refractivity contribution in [3.63, 3.8) is 0 Å². The zero-order chi connectivity index (χ0) is 13.7. The summed E-state index contributed by atoms with van der Waals surface area (Å²) in [5.74, 6) is -1.34. The SMILES string of the molecule is CN(CC1CCCN1C)C(=O)NCC(O)C(=O)O. The molecule has 1 aliphatic rings. The fourth-order valence-electron chi connectivity index (χ4n) is 2.02. The zero-order valence-electron chi connectivity index (χ0n) is 10.8. The van der Waals surface area contributed by atoms with Gasteiger partial charge in [-0.1, -0.05) is 0 Å². The number of aliphatic hydroxyl groups is 1. The molecule has 0 aromatic heterocycles. The number of amides is 2. The number of aliphatic carboxylic acids is 1. The Morgan fingerprint density at radius 2 is 2.22 bits per heavy atom. The van der Waals surface area contributed by atoms with E-state index in [9.17, 15) is 9.59 Å². The van der Waals surface area contributed by atoms with Crippen LogP contribution < -0.4 is 5.32 Å². The minimum absolute atomic E-state index is 0.279. The number of carboxylic acid groups (broad SMARTS) is 1. The van der Waals surface area contributed by atoms with Crippen molar-refractivity contribution in [2.45, 2.75) is 25.0 Å². The van der Waals surface area contributed by atoms with Crippen LogP contribution in [-0.2, 0) is 4.79 Å². The number of carbonyl (C=O) groups is 2. The Labute approximate surface area is 106 Å². The summed E-state index contributed by atoms with van der Waals surface area (Å²) in [7, 11) is 3.69. The molecule has 3 N–H and O–H groups in total. The summed E-state index contributed by atoms with van der Waals surface area (Å²) in [5, 5.41) is 19.9. The summed E-state index contributed by atoms with van der Waals surface area (Å²) in [6.07, 6.45) is 0.636. The first kappa shape index (κ1) is 14.7. The van der Waals surface area contributed by atoms with Crippen molar-refractivity contribution >= 4 is 12.0 Å². The van der Waals surface area contributed by atoms with Gasteiger partial charge in [0.2, 0.25) is 0 Å². The fraction of sp³-hybridized carbons (Fsp3) is 0.818. The number of hydrogen-bond donors (Lipinski definition) is 3. The normalized spacial score (nSPS) is 21.6. The highest BCUT2D eigenvalue weighted by molar-refractivity contribution is 5.76. The molecule has 1 fully saturated rings. The van der Waals surface area contributed by atoms with Crippen molar-refractivity contribution in [2.24, 2.45) is 0 Å². The van der Waals surface area contributed by atoms with Crippen molar-refractivity contribution in [1.29, 1.82) is 0 Å². The summed E-state index contributed by atoms with van der Waals surface area (Å²) in [6.45, 7) is 1.36. The molecule has 0 saturated carbocycles. The van der Waals surface area contributed by atoms with Crippen LogP contribution in [0.2, 0.25) is 0 Å². The van der Waals surface area contributed by atoms with E-state index in [0.29, 0.717) is 12.6 Å². The fourth-order valence-corrected chi connectivity index (χ4v) is 2.02. The molecule has 1 saturated heterocycles. The molecule has 7 heteroatoms. The molecule has 2 amide bonds. The van der Waals surface area contributed by atoms with E-state index in [0.717, 1.165) is 19.4 Å². The van der Waals surface area contributed by atoms with Crippen LogP contribution in [0.5, 0.6) is 0 Å². The predicted octanol–water partition coefficient (Wildman–Crippen LogP) is -0.832. The smallest absolute Gasteiger partial charge is 0.334 e. The van der Waals surface area contributed by atoms with Crippen molar-refractivity contribution in [3.8, 4) is 0 Å².